The summed E-state index contributed by atoms with van der Waals surface area (Å²) < 4.78 is 5.67. The van der Waals surface area contributed by atoms with Crippen molar-refractivity contribution in [3.05, 3.63) is 90.0 Å². The second-order valence-corrected chi connectivity index (χ2v) is 8.19. The summed E-state index contributed by atoms with van der Waals surface area (Å²) in [6.45, 7) is 3.45. The molecule has 0 spiro atoms. The van der Waals surface area contributed by atoms with Gasteiger partial charge in [0.2, 0.25) is 0 Å². The molecule has 3 aromatic carbocycles. The summed E-state index contributed by atoms with van der Waals surface area (Å²) in [7, 11) is 0. The molecule has 164 valence electrons. The van der Waals surface area contributed by atoms with E-state index in [9.17, 15) is 14.7 Å². The molecule has 3 amide bonds. The number of hydrogen-bond donors (Lipinski definition) is 2. The van der Waals surface area contributed by atoms with Gasteiger partial charge in [-0.1, -0.05) is 72.3 Å². The van der Waals surface area contributed by atoms with Gasteiger partial charge in [-0.25, -0.2) is 4.79 Å². The van der Waals surface area contributed by atoms with Crippen LogP contribution in [0.25, 0.3) is 11.1 Å². The van der Waals surface area contributed by atoms with Crippen LogP contribution >= 0.6 is 0 Å². The van der Waals surface area contributed by atoms with Crippen LogP contribution in [0.3, 0.4) is 0 Å². The summed E-state index contributed by atoms with van der Waals surface area (Å²) in [6.07, 6.45) is -1.01. The number of rotatable bonds is 7. The Labute approximate surface area is 187 Å². The number of nitrogens with zero attached hydrogens (tertiary/aromatic N) is 1. The molecular formula is C26H26N2O4. The summed E-state index contributed by atoms with van der Waals surface area (Å²) in [5, 5.41) is 13.2. The summed E-state index contributed by atoms with van der Waals surface area (Å²) in [5.41, 5.74) is 2.78. The van der Waals surface area contributed by atoms with Crippen molar-refractivity contribution in [1.82, 2.24) is 10.2 Å². The van der Waals surface area contributed by atoms with Crippen LogP contribution in [0.2, 0.25) is 0 Å². The van der Waals surface area contributed by atoms with Crippen LogP contribution in [-0.4, -0.2) is 41.2 Å². The number of carbonyl (C=O) groups excluding carboxylic acids is 2. The van der Waals surface area contributed by atoms with Crippen molar-refractivity contribution >= 4 is 11.9 Å². The number of β-amino-alcohol motifs (C(OH)–C–C–N with tert-alkyl or cyclic N) is 1. The van der Waals surface area contributed by atoms with E-state index in [4.69, 9.17) is 4.74 Å². The third-order valence-corrected chi connectivity index (χ3v) is 5.70. The van der Waals surface area contributed by atoms with Gasteiger partial charge in [0.1, 0.15) is 24.0 Å². The van der Waals surface area contributed by atoms with Gasteiger partial charge in [0.15, 0.2) is 0 Å². The van der Waals surface area contributed by atoms with Crippen LogP contribution in [0.5, 0.6) is 5.75 Å². The molecule has 1 aliphatic rings. The van der Waals surface area contributed by atoms with E-state index >= 15 is 0 Å². The average Bonchev–Trinajstić information content (AvgIpc) is 3.03. The predicted octanol–water partition coefficient (Wildman–Crippen LogP) is 3.87. The molecular weight excluding hydrogens is 404 g/mol. The van der Waals surface area contributed by atoms with Gasteiger partial charge in [-0.3, -0.25) is 9.69 Å². The number of ether oxygens (including phenoxy) is 1. The van der Waals surface area contributed by atoms with Gasteiger partial charge in [0, 0.05) is 0 Å². The average molecular weight is 431 g/mol. The van der Waals surface area contributed by atoms with E-state index < -0.39 is 23.6 Å². The molecule has 3 aromatic rings. The van der Waals surface area contributed by atoms with E-state index in [1.165, 1.54) is 0 Å². The minimum Gasteiger partial charge on any atom is -0.491 e. The Morgan fingerprint density at radius 3 is 2.22 bits per heavy atom. The van der Waals surface area contributed by atoms with Gasteiger partial charge >= 0.3 is 6.03 Å². The normalized spacial score (nSPS) is 19.0. The first-order valence-corrected chi connectivity index (χ1v) is 10.5. The van der Waals surface area contributed by atoms with Crippen LogP contribution in [0.1, 0.15) is 18.1 Å². The second-order valence-electron chi connectivity index (χ2n) is 8.19. The van der Waals surface area contributed by atoms with Crippen LogP contribution in [0.15, 0.2) is 78.9 Å². The molecule has 0 saturated carbocycles. The summed E-state index contributed by atoms with van der Waals surface area (Å²) in [4.78, 5) is 26.5. The Kier molecular flexibility index (Phi) is 5.97. The SMILES string of the molecule is Cc1ccc(C2(C)NC(=O)N(CC(O)COc3ccc(-c4ccccc4)cc3)C2=O)cc1. The number of aliphatic hydroxyl groups is 1. The monoisotopic (exact) mass is 430 g/mol. The summed E-state index contributed by atoms with van der Waals surface area (Å²) in [6, 6.07) is 24.5. The highest BCUT2D eigenvalue weighted by molar-refractivity contribution is 6.07. The largest absolute Gasteiger partial charge is 0.491 e. The molecule has 2 unspecified atom stereocenters. The fraction of sp³-hybridized carbons (Fsp3) is 0.231. The Morgan fingerprint density at radius 2 is 1.56 bits per heavy atom. The molecule has 1 saturated heterocycles. The number of nitrogens with one attached hydrogen (secondary N) is 1. The minimum absolute atomic E-state index is 0.0387. The highest BCUT2D eigenvalue weighted by Crippen LogP contribution is 2.29. The Bertz CT molecular complexity index is 1100. The second kappa shape index (κ2) is 8.85. The molecule has 0 aliphatic carbocycles. The molecule has 4 rings (SSSR count). The number of aliphatic hydroxyl groups excluding tert-OH is 1. The van der Waals surface area contributed by atoms with Crippen LogP contribution in [-0.2, 0) is 10.3 Å². The molecule has 2 N–H and O–H groups in total. The van der Waals surface area contributed by atoms with Gasteiger partial charge in [-0.15, -0.1) is 0 Å². The quantitative estimate of drug-likeness (QED) is 0.558. The third-order valence-electron chi connectivity index (χ3n) is 5.70. The van der Waals surface area contributed by atoms with Crippen molar-refractivity contribution in [1.29, 1.82) is 0 Å². The zero-order valence-electron chi connectivity index (χ0n) is 18.1. The van der Waals surface area contributed by atoms with E-state index in [0.29, 0.717) is 11.3 Å². The van der Waals surface area contributed by atoms with E-state index in [2.05, 4.69) is 5.32 Å². The Morgan fingerprint density at radius 1 is 0.938 bits per heavy atom. The van der Waals surface area contributed by atoms with Gasteiger partial charge in [0.25, 0.3) is 5.91 Å². The number of imide groups is 1. The van der Waals surface area contributed by atoms with Gasteiger partial charge < -0.3 is 15.2 Å². The molecule has 6 heteroatoms. The molecule has 2 atom stereocenters. The van der Waals surface area contributed by atoms with Crippen molar-refractivity contribution < 1.29 is 19.4 Å². The molecule has 1 aliphatic heterocycles. The first-order chi connectivity index (χ1) is 15.4. The summed E-state index contributed by atoms with van der Waals surface area (Å²) in [5.74, 6) is 0.211. The maximum Gasteiger partial charge on any atom is 0.325 e. The first-order valence-electron chi connectivity index (χ1n) is 10.5. The number of benzene rings is 3. The number of amides is 3. The van der Waals surface area contributed by atoms with Crippen molar-refractivity contribution in [2.75, 3.05) is 13.2 Å². The van der Waals surface area contributed by atoms with Crippen molar-refractivity contribution in [3.63, 3.8) is 0 Å². The van der Waals surface area contributed by atoms with Crippen LogP contribution in [0, 0.1) is 6.92 Å². The highest BCUT2D eigenvalue weighted by Gasteiger charge is 2.49. The molecule has 0 aromatic heterocycles. The number of carbonyl (C=O) groups is 2. The number of hydrogen-bond acceptors (Lipinski definition) is 4. The maximum atomic E-state index is 13.0. The van der Waals surface area contributed by atoms with Crippen LogP contribution in [0.4, 0.5) is 4.79 Å². The number of urea groups is 1. The number of aryl methyl sites for hydroxylation is 1. The lowest BCUT2D eigenvalue weighted by Gasteiger charge is -2.23. The third kappa shape index (κ3) is 4.36. The first kappa shape index (κ1) is 21.6. The Balaban J connectivity index is 1.36. The van der Waals surface area contributed by atoms with Gasteiger partial charge in [-0.05, 0) is 42.7 Å². The lowest BCUT2D eigenvalue weighted by Crippen LogP contribution is -2.42. The lowest BCUT2D eigenvalue weighted by atomic mass is 9.91. The molecule has 1 fully saturated rings. The standard InChI is InChI=1S/C26H26N2O4/c1-18-8-12-21(13-9-18)26(2)24(30)28(25(31)27-26)16-22(29)17-32-23-14-10-20(11-15-23)19-6-4-3-5-7-19/h3-15,22,29H,16-17H2,1-2H3,(H,27,31). The Hall–Kier alpha value is -3.64. The molecule has 1 heterocycles. The van der Waals surface area contributed by atoms with E-state index in [-0.39, 0.29) is 13.2 Å². The van der Waals surface area contributed by atoms with Crippen molar-refractivity contribution in [2.45, 2.75) is 25.5 Å². The van der Waals surface area contributed by atoms with Crippen molar-refractivity contribution in [3.8, 4) is 16.9 Å². The molecule has 0 radical (unpaired) electrons. The van der Waals surface area contributed by atoms with Gasteiger partial charge in [0.05, 0.1) is 6.54 Å². The molecule has 6 nitrogen and oxygen atoms in total. The lowest BCUT2D eigenvalue weighted by molar-refractivity contribution is -0.132. The fourth-order valence-corrected chi connectivity index (χ4v) is 3.78. The molecule has 32 heavy (non-hydrogen) atoms. The van der Waals surface area contributed by atoms with E-state index in [1.807, 2.05) is 85.8 Å². The van der Waals surface area contributed by atoms with E-state index in [0.717, 1.165) is 21.6 Å². The minimum atomic E-state index is -1.15. The summed E-state index contributed by atoms with van der Waals surface area (Å²) >= 11 is 0. The zero-order valence-corrected chi connectivity index (χ0v) is 18.1. The smallest absolute Gasteiger partial charge is 0.325 e. The maximum absolute atomic E-state index is 13.0. The van der Waals surface area contributed by atoms with Crippen molar-refractivity contribution in [2.24, 2.45) is 0 Å². The zero-order chi connectivity index (χ0) is 22.7. The predicted molar refractivity (Wildman–Crippen MR) is 122 cm³/mol. The van der Waals surface area contributed by atoms with E-state index in [1.54, 1.807) is 6.92 Å². The molecule has 0 bridgehead atoms. The van der Waals surface area contributed by atoms with Gasteiger partial charge in [-0.2, -0.15) is 0 Å². The van der Waals surface area contributed by atoms with Crippen LogP contribution < -0.4 is 10.1 Å². The fourth-order valence-electron chi connectivity index (χ4n) is 3.78. The highest BCUT2D eigenvalue weighted by atomic mass is 16.5. The topological polar surface area (TPSA) is 78.9 Å².